The molecule has 0 bridgehead atoms. The number of nitrogens with zero attached hydrogens (tertiary/aromatic N) is 4. The lowest BCUT2D eigenvalue weighted by molar-refractivity contribution is -0.114. The van der Waals surface area contributed by atoms with Crippen molar-refractivity contribution in [2.24, 2.45) is 0 Å². The van der Waals surface area contributed by atoms with Gasteiger partial charge in [-0.25, -0.2) is 16.8 Å². The summed E-state index contributed by atoms with van der Waals surface area (Å²) >= 11 is 0. The molecular formula is C28H26N6O9S2. The van der Waals surface area contributed by atoms with Crippen LogP contribution in [0.5, 0.6) is 0 Å². The van der Waals surface area contributed by atoms with Crippen LogP contribution in [-0.2, 0) is 40.8 Å². The quantitative estimate of drug-likeness (QED) is 0.198. The van der Waals surface area contributed by atoms with E-state index in [9.17, 15) is 26.4 Å². The lowest BCUT2D eigenvalue weighted by Gasteiger charge is -2.02. The molecule has 0 saturated carbocycles. The molecule has 0 spiro atoms. The van der Waals surface area contributed by atoms with E-state index in [1.54, 1.807) is 0 Å². The van der Waals surface area contributed by atoms with Gasteiger partial charge in [-0.15, -0.1) is 10.2 Å². The van der Waals surface area contributed by atoms with Gasteiger partial charge in [-0.1, -0.05) is 59.7 Å². The smallest absolute Gasteiger partial charge is 0.301 e. The van der Waals surface area contributed by atoms with Crippen LogP contribution in [0.4, 0.5) is 12.0 Å². The summed E-state index contributed by atoms with van der Waals surface area (Å²) in [4.78, 5) is 32.9. The molecule has 0 unspecified atom stereocenters. The highest BCUT2D eigenvalue weighted by Gasteiger charge is 2.25. The summed E-state index contributed by atoms with van der Waals surface area (Å²) in [6, 6.07) is 14.4. The van der Waals surface area contributed by atoms with Gasteiger partial charge >= 0.3 is 12.0 Å². The van der Waals surface area contributed by atoms with Crippen LogP contribution in [0.3, 0.4) is 0 Å². The molecule has 0 saturated heterocycles. The second-order valence-corrected chi connectivity index (χ2v) is 14.2. The maximum absolute atomic E-state index is 12.6. The van der Waals surface area contributed by atoms with Gasteiger partial charge in [0.1, 0.15) is 46.9 Å². The molecule has 0 aliphatic heterocycles. The number of oxazole rings is 2. The number of anilines is 2. The fraction of sp³-hybridized carbons (Fsp3) is 0.214. The third kappa shape index (κ3) is 8.70. The first-order chi connectivity index (χ1) is 21.3. The normalized spacial score (nSPS) is 11.8. The van der Waals surface area contributed by atoms with Gasteiger partial charge in [0, 0.05) is 11.1 Å². The van der Waals surface area contributed by atoms with Crippen LogP contribution in [0.25, 0.3) is 22.5 Å². The molecule has 2 amide bonds. The van der Waals surface area contributed by atoms with E-state index in [0.29, 0.717) is 11.4 Å². The standard InChI is InChI=1S/C28H26N6O9S2/c1-17-3-7-19(8-4-17)21-11-41-27(29-21)31-23(35)13-44(37,38)15-25-33-34-26(43-25)16-45(39,40)14-24(36)32-28-30-22(12-42-28)20-9-5-18(2)6-10-20/h3-12H,13-16H2,1-2H3,(H,29,31,35)(H,30,32,36). The first-order valence-corrected chi connectivity index (χ1v) is 16.8. The van der Waals surface area contributed by atoms with E-state index in [2.05, 4.69) is 30.8 Å². The average Bonchev–Trinajstić information content (AvgIpc) is 3.70. The van der Waals surface area contributed by atoms with Gasteiger partial charge < -0.3 is 13.3 Å². The van der Waals surface area contributed by atoms with Crippen molar-refractivity contribution in [3.63, 3.8) is 0 Å². The Morgan fingerprint density at radius 2 is 1.02 bits per heavy atom. The molecule has 45 heavy (non-hydrogen) atoms. The van der Waals surface area contributed by atoms with Crippen molar-refractivity contribution in [3.8, 4) is 22.5 Å². The van der Waals surface area contributed by atoms with E-state index in [1.165, 1.54) is 12.5 Å². The second kappa shape index (κ2) is 12.8. The molecule has 234 valence electrons. The predicted octanol–water partition coefficient (Wildman–Crippen LogP) is 3.10. The third-order valence-corrected chi connectivity index (χ3v) is 8.87. The highest BCUT2D eigenvalue weighted by atomic mass is 32.2. The molecule has 2 aromatic carbocycles. The van der Waals surface area contributed by atoms with Crippen molar-refractivity contribution in [1.82, 2.24) is 20.2 Å². The molecule has 2 N–H and O–H groups in total. The van der Waals surface area contributed by atoms with Crippen molar-refractivity contribution in [2.75, 3.05) is 22.1 Å². The number of rotatable bonds is 12. The maximum atomic E-state index is 12.6. The highest BCUT2D eigenvalue weighted by Crippen LogP contribution is 2.22. The molecule has 0 radical (unpaired) electrons. The van der Waals surface area contributed by atoms with Gasteiger partial charge in [-0.05, 0) is 13.8 Å². The Hall–Kier alpha value is -5.16. The molecule has 5 aromatic rings. The van der Waals surface area contributed by atoms with Gasteiger partial charge in [0.25, 0.3) is 0 Å². The fourth-order valence-electron chi connectivity index (χ4n) is 3.97. The topological polar surface area (TPSA) is 217 Å². The number of hydrogen-bond donors (Lipinski definition) is 2. The van der Waals surface area contributed by atoms with Crippen LogP contribution in [-0.4, -0.2) is 60.3 Å². The lowest BCUT2D eigenvalue weighted by atomic mass is 10.1. The lowest BCUT2D eigenvalue weighted by Crippen LogP contribution is -2.24. The number of amides is 2. The minimum atomic E-state index is -4.12. The number of sulfone groups is 2. The highest BCUT2D eigenvalue weighted by molar-refractivity contribution is 7.91. The number of carbonyl (C=O) groups is 2. The summed E-state index contributed by atoms with van der Waals surface area (Å²) in [5, 5.41) is 11.7. The van der Waals surface area contributed by atoms with Crippen molar-refractivity contribution in [3.05, 3.63) is 84.0 Å². The molecular weight excluding hydrogens is 628 g/mol. The zero-order chi connectivity index (χ0) is 32.2. The van der Waals surface area contributed by atoms with Crippen molar-refractivity contribution < 1.29 is 39.7 Å². The van der Waals surface area contributed by atoms with Crippen molar-refractivity contribution in [2.45, 2.75) is 25.4 Å². The summed E-state index contributed by atoms with van der Waals surface area (Å²) in [7, 11) is -8.23. The van der Waals surface area contributed by atoms with Crippen molar-refractivity contribution in [1.29, 1.82) is 0 Å². The van der Waals surface area contributed by atoms with Crippen LogP contribution in [0.1, 0.15) is 22.9 Å². The Morgan fingerprint density at radius 3 is 1.40 bits per heavy atom. The molecule has 0 aliphatic rings. The number of hydrogen-bond acceptors (Lipinski definition) is 13. The number of aryl methyl sites for hydroxylation is 2. The summed E-state index contributed by atoms with van der Waals surface area (Å²) in [6.07, 6.45) is 2.64. The first-order valence-electron chi connectivity index (χ1n) is 13.2. The molecule has 3 heterocycles. The van der Waals surface area contributed by atoms with Crippen LogP contribution >= 0.6 is 0 Å². The summed E-state index contributed by atoms with van der Waals surface area (Å²) in [6.45, 7) is 3.86. The molecule has 17 heteroatoms. The first kappa shape index (κ1) is 31.3. The Bertz CT molecular complexity index is 1900. The van der Waals surface area contributed by atoms with E-state index >= 15 is 0 Å². The largest absolute Gasteiger partial charge is 0.431 e. The van der Waals surface area contributed by atoms with Gasteiger partial charge in [-0.2, -0.15) is 9.97 Å². The van der Waals surface area contributed by atoms with E-state index < -0.39 is 66.3 Å². The maximum Gasteiger partial charge on any atom is 0.301 e. The summed E-state index contributed by atoms with van der Waals surface area (Å²) in [5.74, 6) is -6.29. The van der Waals surface area contributed by atoms with Gasteiger partial charge in [0.15, 0.2) is 19.7 Å². The summed E-state index contributed by atoms with van der Waals surface area (Å²) < 4.78 is 65.8. The molecule has 3 aromatic heterocycles. The van der Waals surface area contributed by atoms with Crippen LogP contribution in [0, 0.1) is 13.8 Å². The van der Waals surface area contributed by atoms with E-state index in [1.807, 2.05) is 62.4 Å². The Morgan fingerprint density at radius 1 is 0.644 bits per heavy atom. The van der Waals surface area contributed by atoms with E-state index in [4.69, 9.17) is 13.3 Å². The zero-order valence-corrected chi connectivity index (χ0v) is 25.5. The van der Waals surface area contributed by atoms with Gasteiger partial charge in [-0.3, -0.25) is 20.2 Å². The van der Waals surface area contributed by atoms with E-state index in [-0.39, 0.29) is 12.0 Å². The number of aromatic nitrogens is 4. The number of nitrogens with one attached hydrogen (secondary N) is 2. The predicted molar refractivity (Wildman–Crippen MR) is 160 cm³/mol. The molecule has 0 atom stereocenters. The second-order valence-electron chi connectivity index (χ2n) is 10.1. The minimum absolute atomic E-state index is 0.186. The zero-order valence-electron chi connectivity index (χ0n) is 23.9. The molecule has 5 rings (SSSR count). The number of benzene rings is 2. The van der Waals surface area contributed by atoms with Gasteiger partial charge in [0.2, 0.25) is 23.6 Å². The Kier molecular flexibility index (Phi) is 8.92. The minimum Gasteiger partial charge on any atom is -0.431 e. The van der Waals surface area contributed by atoms with Crippen LogP contribution in [0.15, 0.2) is 74.3 Å². The monoisotopic (exact) mass is 654 g/mol. The van der Waals surface area contributed by atoms with Crippen molar-refractivity contribution >= 4 is 43.5 Å². The Labute approximate surface area is 256 Å². The molecule has 0 fully saturated rings. The van der Waals surface area contributed by atoms with Crippen LogP contribution in [0.2, 0.25) is 0 Å². The third-order valence-electron chi connectivity index (χ3n) is 6.09. The van der Waals surface area contributed by atoms with E-state index in [0.717, 1.165) is 22.3 Å². The molecule has 0 aliphatic carbocycles. The van der Waals surface area contributed by atoms with Gasteiger partial charge in [0.05, 0.1) is 0 Å². The molecule has 15 nitrogen and oxygen atoms in total. The summed E-state index contributed by atoms with van der Waals surface area (Å²) in [5.41, 5.74) is 4.49. The Balaban J connectivity index is 1.11. The SMILES string of the molecule is Cc1ccc(-c2coc(NC(=O)CS(=O)(=O)Cc3nnc(CS(=O)(=O)CC(=O)Nc4nc(-c5ccc(C)cc5)co4)o3)n2)cc1. The fourth-order valence-corrected chi connectivity index (χ4v) is 6.10. The van der Waals surface area contributed by atoms with Crippen LogP contribution < -0.4 is 10.6 Å². The average molecular weight is 655 g/mol. The number of carbonyl (C=O) groups excluding carboxylic acids is 2.